The molecule has 0 fully saturated rings. The van der Waals surface area contributed by atoms with Gasteiger partial charge in [-0.05, 0) is 13.5 Å². The van der Waals surface area contributed by atoms with Crippen LogP contribution >= 0.6 is 0 Å². The van der Waals surface area contributed by atoms with Gasteiger partial charge in [-0.3, -0.25) is 4.40 Å². The molecule has 4 nitrogen and oxygen atoms in total. The van der Waals surface area contributed by atoms with Gasteiger partial charge in [0.1, 0.15) is 6.26 Å². The molecule has 0 saturated heterocycles. The molecule has 0 unspecified atom stereocenters. The normalized spacial score (nSPS) is 11.2. The van der Waals surface area contributed by atoms with Crippen LogP contribution in [0.2, 0.25) is 0 Å². The second-order valence-electron chi connectivity index (χ2n) is 4.41. The second kappa shape index (κ2) is 4.31. The molecule has 4 heteroatoms. The van der Waals surface area contributed by atoms with E-state index in [1.165, 1.54) is 5.56 Å². The summed E-state index contributed by atoms with van der Waals surface area (Å²) >= 11 is 0. The van der Waals surface area contributed by atoms with Crippen LogP contribution in [-0.2, 0) is 6.42 Å². The molecule has 1 aromatic carbocycles. The van der Waals surface area contributed by atoms with Crippen molar-refractivity contribution in [1.82, 2.24) is 9.38 Å². The highest BCUT2D eigenvalue weighted by Crippen LogP contribution is 2.21. The standard InChI is InChI=1S/C14H15N3O/c1-10-2-4-11(5-3-10)13-8-17-12(6-7-15)9-18-14(17)16-13/h2-5,8-9H,6-7,15H2,1H3. The van der Waals surface area contributed by atoms with Gasteiger partial charge >= 0.3 is 5.84 Å². The van der Waals surface area contributed by atoms with E-state index < -0.39 is 0 Å². The predicted octanol–water partition coefficient (Wildman–Crippen LogP) is 2.40. The van der Waals surface area contributed by atoms with E-state index in [-0.39, 0.29) is 0 Å². The average molecular weight is 241 g/mol. The Kier molecular flexibility index (Phi) is 2.64. The number of oxazole rings is 1. The monoisotopic (exact) mass is 241 g/mol. The van der Waals surface area contributed by atoms with Gasteiger partial charge in [0.2, 0.25) is 0 Å². The lowest BCUT2D eigenvalue weighted by Gasteiger charge is -1.97. The zero-order chi connectivity index (χ0) is 12.5. The van der Waals surface area contributed by atoms with E-state index >= 15 is 0 Å². The van der Waals surface area contributed by atoms with Gasteiger partial charge in [0.05, 0.1) is 11.4 Å². The van der Waals surface area contributed by atoms with Crippen LogP contribution in [-0.4, -0.2) is 15.9 Å². The van der Waals surface area contributed by atoms with E-state index in [1.54, 1.807) is 6.26 Å². The summed E-state index contributed by atoms with van der Waals surface area (Å²) in [5.41, 5.74) is 9.88. The fourth-order valence-corrected chi connectivity index (χ4v) is 2.02. The number of nitrogens with two attached hydrogens (primary N) is 1. The van der Waals surface area contributed by atoms with Gasteiger partial charge in [0, 0.05) is 18.2 Å². The Hall–Kier alpha value is -2.07. The van der Waals surface area contributed by atoms with E-state index in [4.69, 9.17) is 10.2 Å². The third-order valence-corrected chi connectivity index (χ3v) is 3.03. The van der Waals surface area contributed by atoms with Crippen molar-refractivity contribution in [2.45, 2.75) is 13.3 Å². The number of nitrogens with zero attached hydrogens (tertiary/aromatic N) is 2. The second-order valence-corrected chi connectivity index (χ2v) is 4.41. The van der Waals surface area contributed by atoms with Crippen molar-refractivity contribution in [2.24, 2.45) is 5.73 Å². The Morgan fingerprint density at radius 2 is 2.06 bits per heavy atom. The molecule has 0 saturated carbocycles. The lowest BCUT2D eigenvalue weighted by atomic mass is 10.1. The summed E-state index contributed by atoms with van der Waals surface area (Å²) in [6.07, 6.45) is 4.50. The molecule has 18 heavy (non-hydrogen) atoms. The third kappa shape index (κ3) is 1.80. The highest BCUT2D eigenvalue weighted by Gasteiger charge is 2.10. The summed E-state index contributed by atoms with van der Waals surface area (Å²) in [4.78, 5) is 4.47. The minimum Gasteiger partial charge on any atom is -0.431 e. The number of hydrogen-bond acceptors (Lipinski definition) is 3. The van der Waals surface area contributed by atoms with Crippen molar-refractivity contribution >= 4 is 5.84 Å². The smallest absolute Gasteiger partial charge is 0.306 e. The fraction of sp³-hybridized carbons (Fsp3) is 0.214. The first-order chi connectivity index (χ1) is 8.78. The molecule has 2 aromatic heterocycles. The van der Waals surface area contributed by atoms with Gasteiger partial charge in [0.25, 0.3) is 0 Å². The zero-order valence-electron chi connectivity index (χ0n) is 10.3. The number of rotatable bonds is 3. The molecule has 0 atom stereocenters. The number of fused-ring (bicyclic) bond motifs is 1. The Labute approximate surface area is 105 Å². The van der Waals surface area contributed by atoms with Crippen molar-refractivity contribution in [2.75, 3.05) is 6.54 Å². The number of aromatic nitrogens is 2. The maximum absolute atomic E-state index is 5.57. The quantitative estimate of drug-likeness (QED) is 0.766. The van der Waals surface area contributed by atoms with Gasteiger partial charge in [0.15, 0.2) is 0 Å². The van der Waals surface area contributed by atoms with Crippen LogP contribution in [0.3, 0.4) is 0 Å². The number of imidazole rings is 1. The summed E-state index contributed by atoms with van der Waals surface area (Å²) in [6, 6.07) is 8.30. The molecule has 0 bridgehead atoms. The van der Waals surface area contributed by atoms with Crippen LogP contribution in [0.5, 0.6) is 0 Å². The van der Waals surface area contributed by atoms with Gasteiger partial charge in [-0.1, -0.05) is 29.8 Å². The van der Waals surface area contributed by atoms with Crippen LogP contribution in [0.25, 0.3) is 17.1 Å². The lowest BCUT2D eigenvalue weighted by Crippen LogP contribution is -2.04. The molecule has 0 radical (unpaired) electrons. The van der Waals surface area contributed by atoms with E-state index in [1.807, 2.05) is 10.6 Å². The van der Waals surface area contributed by atoms with E-state index in [0.717, 1.165) is 23.4 Å². The summed E-state index contributed by atoms with van der Waals surface area (Å²) in [5.74, 6) is 0.619. The van der Waals surface area contributed by atoms with Crippen LogP contribution in [0.1, 0.15) is 11.3 Å². The van der Waals surface area contributed by atoms with Crippen LogP contribution in [0.4, 0.5) is 0 Å². The lowest BCUT2D eigenvalue weighted by molar-refractivity contribution is 0.594. The van der Waals surface area contributed by atoms with Crippen LogP contribution < -0.4 is 5.73 Å². The molecule has 3 aromatic rings. The van der Waals surface area contributed by atoms with E-state index in [0.29, 0.717) is 12.4 Å². The van der Waals surface area contributed by atoms with Crippen molar-refractivity contribution in [1.29, 1.82) is 0 Å². The third-order valence-electron chi connectivity index (χ3n) is 3.03. The van der Waals surface area contributed by atoms with Gasteiger partial charge < -0.3 is 10.2 Å². The van der Waals surface area contributed by atoms with Gasteiger partial charge in [-0.15, -0.1) is 0 Å². The first-order valence-electron chi connectivity index (χ1n) is 6.00. The first kappa shape index (κ1) is 11.0. The molecule has 0 aliphatic carbocycles. The summed E-state index contributed by atoms with van der Waals surface area (Å²) in [7, 11) is 0. The number of hydrogen-bond donors (Lipinski definition) is 1. The van der Waals surface area contributed by atoms with Crippen molar-refractivity contribution in [3.05, 3.63) is 48.0 Å². The Morgan fingerprint density at radius 3 is 2.78 bits per heavy atom. The Bertz CT molecular complexity index is 664. The molecule has 0 aliphatic rings. The number of benzene rings is 1. The molecule has 0 spiro atoms. The topological polar surface area (TPSA) is 56.5 Å². The molecule has 0 aliphatic heterocycles. The fourth-order valence-electron chi connectivity index (χ4n) is 2.02. The summed E-state index contributed by atoms with van der Waals surface area (Å²) < 4.78 is 7.38. The van der Waals surface area contributed by atoms with Crippen molar-refractivity contribution in [3.63, 3.8) is 0 Å². The van der Waals surface area contributed by atoms with Crippen molar-refractivity contribution < 1.29 is 4.42 Å². The maximum Gasteiger partial charge on any atom is 0.306 e. The minimum absolute atomic E-state index is 0.604. The molecule has 2 heterocycles. The molecule has 2 N–H and O–H groups in total. The van der Waals surface area contributed by atoms with E-state index in [9.17, 15) is 0 Å². The summed E-state index contributed by atoms with van der Waals surface area (Å²) in [5, 5.41) is 0. The van der Waals surface area contributed by atoms with Crippen LogP contribution in [0.15, 0.2) is 41.1 Å². The predicted molar refractivity (Wildman–Crippen MR) is 70.4 cm³/mol. The Balaban J connectivity index is 2.05. The largest absolute Gasteiger partial charge is 0.431 e. The van der Waals surface area contributed by atoms with Crippen LogP contribution in [0, 0.1) is 6.92 Å². The molecule has 92 valence electrons. The molecular weight excluding hydrogens is 226 g/mol. The average Bonchev–Trinajstić information content (AvgIpc) is 2.93. The van der Waals surface area contributed by atoms with Crippen molar-refractivity contribution in [3.8, 4) is 11.3 Å². The molecular formula is C14H15N3O. The zero-order valence-corrected chi connectivity index (χ0v) is 10.3. The summed E-state index contributed by atoms with van der Waals surface area (Å²) in [6.45, 7) is 2.68. The Morgan fingerprint density at radius 1 is 1.28 bits per heavy atom. The SMILES string of the molecule is Cc1ccc(-c2cn3c(CCN)coc3n2)cc1. The minimum atomic E-state index is 0.604. The molecule has 0 amide bonds. The van der Waals surface area contributed by atoms with Gasteiger partial charge in [-0.25, -0.2) is 0 Å². The molecule has 3 rings (SSSR count). The first-order valence-corrected chi connectivity index (χ1v) is 6.00. The van der Waals surface area contributed by atoms with Gasteiger partial charge in [-0.2, -0.15) is 4.98 Å². The van der Waals surface area contributed by atoms with E-state index in [2.05, 4.69) is 36.2 Å². The highest BCUT2D eigenvalue weighted by atomic mass is 16.3. The number of aryl methyl sites for hydroxylation is 1. The maximum atomic E-state index is 5.57. The highest BCUT2D eigenvalue weighted by molar-refractivity contribution is 5.61.